The molecule has 0 radical (unpaired) electrons. The summed E-state index contributed by atoms with van der Waals surface area (Å²) in [5.74, 6) is 0. The lowest BCUT2D eigenvalue weighted by atomic mass is 10.4. The van der Waals surface area contributed by atoms with Crippen LogP contribution in [-0.4, -0.2) is 18.1 Å². The Morgan fingerprint density at radius 2 is 1.90 bits per heavy atom. The third-order valence-electron chi connectivity index (χ3n) is 1.68. The topological polar surface area (TPSA) is 0 Å². The van der Waals surface area contributed by atoms with Crippen LogP contribution in [0.2, 0.25) is 0 Å². The van der Waals surface area contributed by atoms with Crippen LogP contribution in [0.5, 0.6) is 0 Å². The second kappa shape index (κ2) is 3.53. The third-order valence-corrected chi connectivity index (χ3v) is 7.24. The lowest BCUT2D eigenvalue weighted by molar-refractivity contribution is 1.77. The number of hydrogen-bond acceptors (Lipinski definition) is 0. The predicted octanol–water partition coefficient (Wildman–Crippen LogP) is -0.292. The van der Waals surface area contributed by atoms with E-state index in [2.05, 4.69) is 42.6 Å². The SMILES string of the molecule is C=C[SiH]([SiH3])c1ccccc1. The zero-order valence-electron chi connectivity index (χ0n) is 6.25. The van der Waals surface area contributed by atoms with Crippen molar-refractivity contribution in [2.45, 2.75) is 0 Å². The molecule has 0 nitrogen and oxygen atoms in total. The Hall–Kier alpha value is -0.606. The molecule has 0 fully saturated rings. The monoisotopic (exact) mass is 164 g/mol. The van der Waals surface area contributed by atoms with Gasteiger partial charge in [0.05, 0.1) is 8.31 Å². The van der Waals surface area contributed by atoms with E-state index in [0.29, 0.717) is 0 Å². The fourth-order valence-corrected chi connectivity index (χ4v) is 3.15. The van der Waals surface area contributed by atoms with Gasteiger partial charge in [-0.05, 0) is 0 Å². The zero-order valence-corrected chi connectivity index (χ0v) is 9.40. The molecule has 1 rings (SSSR count). The summed E-state index contributed by atoms with van der Waals surface area (Å²) in [6, 6.07) is 10.7. The summed E-state index contributed by atoms with van der Waals surface area (Å²) in [6.45, 7) is 3.83. The maximum absolute atomic E-state index is 3.83. The molecule has 1 atom stereocenters. The van der Waals surface area contributed by atoms with E-state index in [1.165, 1.54) is 14.9 Å². The molecule has 0 aliphatic rings. The molecular formula is C8H12Si2. The van der Waals surface area contributed by atoms with Gasteiger partial charge in [-0.3, -0.25) is 0 Å². The van der Waals surface area contributed by atoms with E-state index in [1.807, 2.05) is 0 Å². The van der Waals surface area contributed by atoms with Crippen molar-refractivity contribution in [3.05, 3.63) is 42.6 Å². The molecule has 1 aromatic carbocycles. The molecular weight excluding hydrogens is 152 g/mol. The average molecular weight is 164 g/mol. The van der Waals surface area contributed by atoms with E-state index in [-0.39, 0.29) is 0 Å². The highest BCUT2D eigenvalue weighted by Crippen LogP contribution is 1.85. The number of benzene rings is 1. The van der Waals surface area contributed by atoms with Crippen molar-refractivity contribution >= 4 is 23.3 Å². The number of hydrogen-bond donors (Lipinski definition) is 0. The lowest BCUT2D eigenvalue weighted by Gasteiger charge is -2.01. The van der Waals surface area contributed by atoms with Gasteiger partial charge < -0.3 is 0 Å². The van der Waals surface area contributed by atoms with Gasteiger partial charge in [-0.15, -0.1) is 12.3 Å². The van der Waals surface area contributed by atoms with Crippen molar-refractivity contribution in [2.24, 2.45) is 0 Å². The summed E-state index contributed by atoms with van der Waals surface area (Å²) < 4.78 is 0. The normalized spacial score (nSPS) is 12.8. The molecule has 2 heteroatoms. The summed E-state index contributed by atoms with van der Waals surface area (Å²) in [4.78, 5) is 0. The summed E-state index contributed by atoms with van der Waals surface area (Å²) in [6.07, 6.45) is 0. The van der Waals surface area contributed by atoms with Crippen LogP contribution in [0.15, 0.2) is 42.6 Å². The van der Waals surface area contributed by atoms with E-state index in [9.17, 15) is 0 Å². The molecule has 52 valence electrons. The van der Waals surface area contributed by atoms with Gasteiger partial charge in [0.2, 0.25) is 0 Å². The van der Waals surface area contributed by atoms with E-state index >= 15 is 0 Å². The van der Waals surface area contributed by atoms with Crippen LogP contribution in [0.25, 0.3) is 0 Å². The molecule has 0 saturated carbocycles. The van der Waals surface area contributed by atoms with Gasteiger partial charge in [-0.25, -0.2) is 0 Å². The van der Waals surface area contributed by atoms with Crippen molar-refractivity contribution in [1.29, 1.82) is 0 Å². The summed E-state index contributed by atoms with van der Waals surface area (Å²) in [5.41, 5.74) is 2.15. The van der Waals surface area contributed by atoms with E-state index in [0.717, 1.165) is 0 Å². The summed E-state index contributed by atoms with van der Waals surface area (Å²) in [5, 5.41) is 1.53. The van der Waals surface area contributed by atoms with Crippen LogP contribution in [0.4, 0.5) is 0 Å². The second-order valence-corrected chi connectivity index (χ2v) is 8.88. The first kappa shape index (κ1) is 7.50. The minimum absolute atomic E-state index is 0.637. The summed E-state index contributed by atoms with van der Waals surface area (Å²) in [7, 11) is 0.661. The lowest BCUT2D eigenvalue weighted by Crippen LogP contribution is -2.27. The van der Waals surface area contributed by atoms with Crippen LogP contribution in [0, 0.1) is 0 Å². The van der Waals surface area contributed by atoms with Crippen LogP contribution in [0.3, 0.4) is 0 Å². The molecule has 1 unspecified atom stereocenters. The fraction of sp³-hybridized carbons (Fsp3) is 0. The Balaban J connectivity index is 2.84. The molecule has 0 heterocycles. The molecule has 0 spiro atoms. The first-order valence-corrected chi connectivity index (χ1v) is 9.38. The van der Waals surface area contributed by atoms with Crippen LogP contribution in [-0.2, 0) is 0 Å². The highest BCUT2D eigenvalue weighted by molar-refractivity contribution is 7.13. The Kier molecular flexibility index (Phi) is 2.65. The van der Waals surface area contributed by atoms with Crippen molar-refractivity contribution in [3.63, 3.8) is 0 Å². The van der Waals surface area contributed by atoms with Crippen molar-refractivity contribution < 1.29 is 0 Å². The second-order valence-electron chi connectivity index (χ2n) is 2.44. The Labute approximate surface area is 66.4 Å². The molecule has 0 aliphatic carbocycles. The van der Waals surface area contributed by atoms with Crippen molar-refractivity contribution in [2.75, 3.05) is 0 Å². The Morgan fingerprint density at radius 3 is 2.40 bits per heavy atom. The van der Waals surface area contributed by atoms with Gasteiger partial charge in [0, 0.05) is 9.76 Å². The molecule has 0 N–H and O–H groups in total. The first-order valence-electron chi connectivity index (χ1n) is 3.52. The zero-order chi connectivity index (χ0) is 7.40. The van der Waals surface area contributed by atoms with Gasteiger partial charge in [-0.2, -0.15) is 0 Å². The van der Waals surface area contributed by atoms with Gasteiger partial charge in [0.1, 0.15) is 0 Å². The van der Waals surface area contributed by atoms with Crippen LogP contribution in [0.1, 0.15) is 0 Å². The maximum atomic E-state index is 3.83. The maximum Gasteiger partial charge on any atom is 0.0755 e. The van der Waals surface area contributed by atoms with Gasteiger partial charge >= 0.3 is 0 Å². The smallest absolute Gasteiger partial charge is 0.0755 e. The number of rotatable bonds is 2. The fourth-order valence-electron chi connectivity index (χ4n) is 0.893. The largest absolute Gasteiger partial charge is 0.107 e. The standard InChI is InChI=1S/C8H12Si2/c1-2-10(9)8-6-4-3-5-7-8/h2-7,10H,1H2,9H3. The predicted molar refractivity (Wildman–Crippen MR) is 53.4 cm³/mol. The quantitative estimate of drug-likeness (QED) is 0.527. The molecule has 0 bridgehead atoms. The molecule has 0 aliphatic heterocycles. The van der Waals surface area contributed by atoms with Gasteiger partial charge in [-0.1, -0.05) is 35.5 Å². The molecule has 1 aromatic rings. The highest BCUT2D eigenvalue weighted by Gasteiger charge is 1.98. The minimum Gasteiger partial charge on any atom is -0.107 e. The third kappa shape index (κ3) is 1.68. The Bertz CT molecular complexity index is 206. The van der Waals surface area contributed by atoms with E-state index < -0.39 is 8.31 Å². The highest BCUT2D eigenvalue weighted by atomic mass is 29.1. The van der Waals surface area contributed by atoms with Crippen LogP contribution < -0.4 is 5.19 Å². The average Bonchev–Trinajstić information content (AvgIpc) is 2.05. The molecule has 10 heavy (non-hydrogen) atoms. The van der Waals surface area contributed by atoms with Gasteiger partial charge in [0.15, 0.2) is 0 Å². The van der Waals surface area contributed by atoms with Crippen molar-refractivity contribution in [3.8, 4) is 0 Å². The van der Waals surface area contributed by atoms with E-state index in [1.54, 1.807) is 0 Å². The van der Waals surface area contributed by atoms with Gasteiger partial charge in [0.25, 0.3) is 0 Å². The van der Waals surface area contributed by atoms with E-state index in [4.69, 9.17) is 0 Å². The van der Waals surface area contributed by atoms with Crippen molar-refractivity contribution in [1.82, 2.24) is 0 Å². The minimum atomic E-state index is -0.637. The molecule has 0 aromatic heterocycles. The first-order chi connectivity index (χ1) is 4.84. The molecule has 0 saturated heterocycles. The van der Waals surface area contributed by atoms with Crippen LogP contribution >= 0.6 is 0 Å². The molecule has 0 amide bonds. The Morgan fingerprint density at radius 1 is 1.30 bits per heavy atom. The summed E-state index contributed by atoms with van der Waals surface area (Å²) >= 11 is 0.